The molecule has 3 N–H and O–H groups in total. The average molecular weight is 262 g/mol. The van der Waals surface area contributed by atoms with Crippen LogP contribution in [0.25, 0.3) is 0 Å². The van der Waals surface area contributed by atoms with E-state index in [1.54, 1.807) is 6.92 Å². The largest absolute Gasteiger partial charge is 0.381 e. The highest BCUT2D eigenvalue weighted by Gasteiger charge is 2.34. The van der Waals surface area contributed by atoms with Crippen LogP contribution in [0.1, 0.15) is 25.3 Å². The molecule has 1 aromatic carbocycles. The molecular formula is C15H22N2O2. The second-order valence-electron chi connectivity index (χ2n) is 5.27. The minimum absolute atomic E-state index is 0.0237. The van der Waals surface area contributed by atoms with Gasteiger partial charge in [0.25, 0.3) is 0 Å². The van der Waals surface area contributed by atoms with Crippen molar-refractivity contribution in [3.63, 3.8) is 0 Å². The predicted octanol–water partition coefficient (Wildman–Crippen LogP) is 1.20. The van der Waals surface area contributed by atoms with Gasteiger partial charge in [0.05, 0.1) is 6.04 Å². The summed E-state index contributed by atoms with van der Waals surface area (Å²) >= 11 is 0. The first-order valence-electron chi connectivity index (χ1n) is 6.81. The Bertz CT molecular complexity index is 411. The fraction of sp³-hybridized carbons (Fsp3) is 0.533. The molecule has 0 aliphatic carbocycles. The number of rotatable bonds is 4. The summed E-state index contributed by atoms with van der Waals surface area (Å²) in [5.41, 5.74) is 6.84. The lowest BCUT2D eigenvalue weighted by Gasteiger charge is -2.38. The zero-order valence-corrected chi connectivity index (χ0v) is 11.4. The maximum atomic E-state index is 11.7. The molecule has 4 heteroatoms. The van der Waals surface area contributed by atoms with Crippen LogP contribution in [0.2, 0.25) is 0 Å². The van der Waals surface area contributed by atoms with Crippen LogP contribution < -0.4 is 11.1 Å². The van der Waals surface area contributed by atoms with Gasteiger partial charge in [-0.05, 0) is 25.3 Å². The van der Waals surface area contributed by atoms with E-state index in [1.807, 2.05) is 18.2 Å². The monoisotopic (exact) mass is 262 g/mol. The number of carbonyl (C=O) groups is 1. The lowest BCUT2D eigenvalue weighted by molar-refractivity contribution is -0.122. The normalized spacial score (nSPS) is 19.7. The van der Waals surface area contributed by atoms with Gasteiger partial charge in [-0.3, -0.25) is 4.79 Å². The van der Waals surface area contributed by atoms with Crippen molar-refractivity contribution in [1.29, 1.82) is 0 Å². The van der Waals surface area contributed by atoms with Crippen molar-refractivity contribution in [3.05, 3.63) is 35.9 Å². The van der Waals surface area contributed by atoms with Crippen molar-refractivity contribution in [2.24, 2.45) is 5.73 Å². The summed E-state index contributed by atoms with van der Waals surface area (Å²) in [5, 5.41) is 2.97. The van der Waals surface area contributed by atoms with Gasteiger partial charge in [0.2, 0.25) is 5.91 Å². The SMILES string of the molecule is C[C@H](N)C(=O)NCC1(c2ccccc2)CCOCC1. The zero-order valence-electron chi connectivity index (χ0n) is 11.4. The Hall–Kier alpha value is -1.39. The Morgan fingerprint density at radius 3 is 2.58 bits per heavy atom. The Labute approximate surface area is 114 Å². The van der Waals surface area contributed by atoms with Gasteiger partial charge >= 0.3 is 0 Å². The van der Waals surface area contributed by atoms with Crippen molar-refractivity contribution in [2.45, 2.75) is 31.2 Å². The van der Waals surface area contributed by atoms with Crippen LogP contribution in [0.5, 0.6) is 0 Å². The molecule has 0 aromatic heterocycles. The van der Waals surface area contributed by atoms with E-state index in [0.717, 1.165) is 26.1 Å². The first-order valence-corrected chi connectivity index (χ1v) is 6.81. The Morgan fingerprint density at radius 2 is 2.00 bits per heavy atom. The maximum Gasteiger partial charge on any atom is 0.236 e. The highest BCUT2D eigenvalue weighted by Crippen LogP contribution is 2.34. The molecule has 1 saturated heterocycles. The molecule has 1 aromatic rings. The molecule has 0 saturated carbocycles. The highest BCUT2D eigenvalue weighted by molar-refractivity contribution is 5.81. The number of hydrogen-bond acceptors (Lipinski definition) is 3. The van der Waals surface area contributed by atoms with E-state index in [2.05, 4.69) is 17.4 Å². The summed E-state index contributed by atoms with van der Waals surface area (Å²) in [6, 6.07) is 9.89. The highest BCUT2D eigenvalue weighted by atomic mass is 16.5. The van der Waals surface area contributed by atoms with Crippen molar-refractivity contribution in [2.75, 3.05) is 19.8 Å². The lowest BCUT2D eigenvalue weighted by atomic mass is 9.74. The van der Waals surface area contributed by atoms with E-state index in [9.17, 15) is 4.79 Å². The molecule has 0 bridgehead atoms. The summed E-state index contributed by atoms with van der Waals surface area (Å²) in [5.74, 6) is -0.0956. The molecule has 1 aliphatic rings. The van der Waals surface area contributed by atoms with E-state index in [4.69, 9.17) is 10.5 Å². The fourth-order valence-corrected chi connectivity index (χ4v) is 2.54. The molecule has 4 nitrogen and oxygen atoms in total. The molecule has 1 amide bonds. The predicted molar refractivity (Wildman–Crippen MR) is 74.8 cm³/mol. The first-order chi connectivity index (χ1) is 9.14. The summed E-state index contributed by atoms with van der Waals surface area (Å²) < 4.78 is 5.46. The number of amides is 1. The summed E-state index contributed by atoms with van der Waals surface area (Å²) in [6.45, 7) is 3.81. The van der Waals surface area contributed by atoms with Crippen LogP contribution in [0.3, 0.4) is 0 Å². The summed E-state index contributed by atoms with van der Waals surface area (Å²) in [6.07, 6.45) is 1.85. The molecule has 1 aliphatic heterocycles. The minimum atomic E-state index is -0.465. The average Bonchev–Trinajstić information content (AvgIpc) is 2.46. The van der Waals surface area contributed by atoms with Crippen molar-refractivity contribution >= 4 is 5.91 Å². The molecule has 1 fully saturated rings. The topological polar surface area (TPSA) is 64.4 Å². The van der Waals surface area contributed by atoms with E-state index < -0.39 is 6.04 Å². The number of carbonyl (C=O) groups excluding carboxylic acids is 1. The first kappa shape index (κ1) is 14.0. The van der Waals surface area contributed by atoms with Crippen LogP contribution in [-0.4, -0.2) is 31.7 Å². The van der Waals surface area contributed by atoms with E-state index in [-0.39, 0.29) is 11.3 Å². The zero-order chi connectivity index (χ0) is 13.7. The Balaban J connectivity index is 2.14. The van der Waals surface area contributed by atoms with Crippen molar-refractivity contribution in [1.82, 2.24) is 5.32 Å². The molecule has 19 heavy (non-hydrogen) atoms. The van der Waals surface area contributed by atoms with Crippen molar-refractivity contribution in [3.8, 4) is 0 Å². The molecule has 1 atom stereocenters. The van der Waals surface area contributed by atoms with Gasteiger partial charge in [-0.25, -0.2) is 0 Å². The van der Waals surface area contributed by atoms with Gasteiger partial charge in [-0.15, -0.1) is 0 Å². The lowest BCUT2D eigenvalue weighted by Crippen LogP contribution is -2.48. The standard InChI is InChI=1S/C15H22N2O2/c1-12(16)14(18)17-11-15(7-9-19-10-8-15)13-5-3-2-4-6-13/h2-6,12H,7-11,16H2,1H3,(H,17,18)/t12-/m0/s1. The second-order valence-corrected chi connectivity index (χ2v) is 5.27. The Kier molecular flexibility index (Phi) is 4.56. The number of hydrogen-bond donors (Lipinski definition) is 2. The van der Waals surface area contributed by atoms with Crippen LogP contribution in [-0.2, 0) is 14.9 Å². The van der Waals surface area contributed by atoms with Gasteiger partial charge in [0, 0.05) is 25.2 Å². The molecule has 1 heterocycles. The third-order valence-corrected chi connectivity index (χ3v) is 3.85. The minimum Gasteiger partial charge on any atom is -0.381 e. The molecule has 2 rings (SSSR count). The van der Waals surface area contributed by atoms with Gasteiger partial charge in [-0.1, -0.05) is 30.3 Å². The van der Waals surface area contributed by atoms with E-state index >= 15 is 0 Å². The quantitative estimate of drug-likeness (QED) is 0.857. The van der Waals surface area contributed by atoms with Gasteiger partial charge < -0.3 is 15.8 Å². The van der Waals surface area contributed by atoms with E-state index in [1.165, 1.54) is 5.56 Å². The molecule has 0 spiro atoms. The van der Waals surface area contributed by atoms with Gasteiger partial charge in [0.15, 0.2) is 0 Å². The molecular weight excluding hydrogens is 240 g/mol. The number of nitrogens with two attached hydrogens (primary N) is 1. The van der Waals surface area contributed by atoms with Crippen LogP contribution >= 0.6 is 0 Å². The third-order valence-electron chi connectivity index (χ3n) is 3.85. The van der Waals surface area contributed by atoms with Crippen LogP contribution in [0, 0.1) is 0 Å². The smallest absolute Gasteiger partial charge is 0.236 e. The number of benzene rings is 1. The van der Waals surface area contributed by atoms with E-state index in [0.29, 0.717) is 6.54 Å². The molecule has 104 valence electrons. The van der Waals surface area contributed by atoms with Gasteiger partial charge in [0.1, 0.15) is 0 Å². The van der Waals surface area contributed by atoms with Crippen LogP contribution in [0.15, 0.2) is 30.3 Å². The van der Waals surface area contributed by atoms with Crippen LogP contribution in [0.4, 0.5) is 0 Å². The van der Waals surface area contributed by atoms with Gasteiger partial charge in [-0.2, -0.15) is 0 Å². The fourth-order valence-electron chi connectivity index (χ4n) is 2.54. The third kappa shape index (κ3) is 3.33. The Morgan fingerprint density at radius 1 is 1.37 bits per heavy atom. The molecule has 0 unspecified atom stereocenters. The number of nitrogens with one attached hydrogen (secondary N) is 1. The van der Waals surface area contributed by atoms with Crippen molar-refractivity contribution < 1.29 is 9.53 Å². The second kappa shape index (κ2) is 6.17. The molecule has 0 radical (unpaired) electrons. The maximum absolute atomic E-state index is 11.7. The number of ether oxygens (including phenoxy) is 1. The summed E-state index contributed by atoms with van der Waals surface area (Å²) in [4.78, 5) is 11.7. The summed E-state index contributed by atoms with van der Waals surface area (Å²) in [7, 11) is 0.